The predicted octanol–water partition coefficient (Wildman–Crippen LogP) is 27.1. The number of phenols is 1. The number of alkyl halides is 1. The first-order valence-corrected chi connectivity index (χ1v) is 54.2. The van der Waals surface area contributed by atoms with Gasteiger partial charge in [0, 0.05) is 47.0 Å². The summed E-state index contributed by atoms with van der Waals surface area (Å²) in [6.45, 7) is 27.1. The molecule has 0 fully saturated rings. The highest BCUT2D eigenvalue weighted by molar-refractivity contribution is 14.1. The van der Waals surface area contributed by atoms with Gasteiger partial charge in [0.2, 0.25) is 17.1 Å². The Balaban J connectivity index is 0.000000170. The van der Waals surface area contributed by atoms with Crippen LogP contribution in [0.2, 0.25) is 0 Å². The lowest BCUT2D eigenvalue weighted by Gasteiger charge is -2.07. The smallest absolute Gasteiger partial charge is 0.361 e. The van der Waals surface area contributed by atoms with Crippen molar-refractivity contribution in [2.75, 3.05) is 63.5 Å². The quantitative estimate of drug-likeness (QED) is 0.00365. The monoisotopic (exact) mass is 2170 g/mol. The molecule has 0 bridgehead atoms. The predicted molar refractivity (Wildman–Crippen MR) is 571 cm³/mol. The number of rotatable bonds is 36. The van der Waals surface area contributed by atoms with Crippen molar-refractivity contribution in [2.24, 2.45) is 0 Å². The van der Waals surface area contributed by atoms with E-state index in [0.717, 1.165) is 203 Å². The Morgan fingerprint density at radius 3 is 1.29 bits per heavy atom. The SMILES string of the molecule is CCCCI.CCCCOc1ccc2sc(=S)[nH]c2c1.CCCCOc1ccc2sc(C)nc2c1.CCCCOc1ccc2sc(Sc3c(C(=O)OCC)nnn3Cc3ccc(OC)cc3)nc2c1.CCCCOc1ccc2sc(Sc3n[nH]nc3C(=O)O)nc2c1.CCCCOc1ccc2sc(Sc3n[nH]nc3C(=O)OCC)nc2c1.Cc1ccc(S)c(N)c1.Cc1nc2cc(O)ccc2s1. The van der Waals surface area contributed by atoms with Crippen molar-refractivity contribution < 1.29 is 62.5 Å². The number of methoxy groups -OCH3 is 1. The zero-order valence-corrected chi connectivity index (χ0v) is 89.2. The summed E-state index contributed by atoms with van der Waals surface area (Å²) < 4.78 is 56.6. The number of hydrogen-bond donors (Lipinski definition) is 7. The largest absolute Gasteiger partial charge is 0.508 e. The summed E-state index contributed by atoms with van der Waals surface area (Å²) in [6.07, 6.45) is 13.6. The van der Waals surface area contributed by atoms with Gasteiger partial charge in [-0.1, -0.05) is 126 Å². The minimum absolute atomic E-state index is 0.0992. The summed E-state index contributed by atoms with van der Waals surface area (Å²) in [4.78, 5) is 62.0. The zero-order valence-electron chi connectivity index (χ0n) is 78.0. The molecule has 137 heavy (non-hydrogen) atoms. The van der Waals surface area contributed by atoms with Crippen LogP contribution in [0.1, 0.15) is 185 Å². The molecule has 0 saturated heterocycles. The normalized spacial score (nSPS) is 10.7. The number of anilines is 1. The molecule has 0 aliphatic heterocycles. The minimum atomic E-state index is -1.12. The Morgan fingerprint density at radius 2 is 0.869 bits per heavy atom. The van der Waals surface area contributed by atoms with Crippen LogP contribution in [0.5, 0.6) is 40.2 Å². The number of fused-ring (bicyclic) bond motifs is 6. The van der Waals surface area contributed by atoms with Crippen molar-refractivity contribution >= 4 is 236 Å². The van der Waals surface area contributed by atoms with Gasteiger partial charge >= 0.3 is 17.9 Å². The van der Waals surface area contributed by atoms with E-state index in [-0.39, 0.29) is 36.0 Å². The average molecular weight is 2180 g/mol. The number of carbonyl (C=O) groups is 3. The summed E-state index contributed by atoms with van der Waals surface area (Å²) >= 11 is 24.9. The topological polar surface area (TPSA) is 386 Å². The second-order valence-electron chi connectivity index (χ2n) is 29.6. The van der Waals surface area contributed by atoms with Crippen LogP contribution in [0.25, 0.3) is 61.3 Å². The van der Waals surface area contributed by atoms with Gasteiger partial charge in [-0.05, 0) is 233 Å². The van der Waals surface area contributed by atoms with Crippen LogP contribution in [-0.2, 0) is 16.0 Å². The van der Waals surface area contributed by atoms with E-state index in [2.05, 4.69) is 149 Å². The van der Waals surface area contributed by atoms with Gasteiger partial charge in [-0.15, -0.1) is 106 Å². The molecule has 8 aromatic carbocycles. The number of nitrogen functional groups attached to an aromatic ring is 1. The number of nitrogens with two attached hydrogens (primary N) is 1. The minimum Gasteiger partial charge on any atom is -0.508 e. The molecule has 0 aliphatic carbocycles. The molecule has 0 aliphatic rings. The van der Waals surface area contributed by atoms with E-state index in [1.165, 1.54) is 90.2 Å². The number of ether oxygens (including phenoxy) is 8. The standard InChI is InChI=1S/C24H26N4O4S2.C16H18N4O3S2.C14H14N4O3S2.C12H15NOS.C11H13NOS2.C8H7NOS.C7H9NS.C4H9I/c1-4-6-13-32-18-11-12-20-19(14-18)25-24(33-20)34-22-21(23(29)31-5-2)26-27-28(22)15-16-7-9-17(30-3)10-8-16;1-3-5-8-23-10-6-7-12-11(9-10)17-16(24-12)25-14-13(18-20-19-14)15(21)22-4-2;1-2-3-6-21-8-4-5-10-9(7-8)15-14(22-10)23-12-11(13(19)20)16-18-17-12;1-3-4-7-14-10-5-6-12-11(8-10)13-9(2)15-12;1-2-3-6-13-8-4-5-10-9(7-8)12-11(14)15-10;1-5-9-7-4-6(10)2-3-8(7)11-5;1-5-2-3-7(9)6(8)4-5;1-2-3-4-5/h7-12,14H,4-6,13,15H2,1-3H3;6-7,9H,3-5,8H2,1-2H3,(H,18,19,20);4-5,7H,2-3,6H2,1H3,(H,19,20)(H,16,17,18);5-6,8H,3-4,7H2,1-2H3;4-5,7H,2-3,6H2,1H3,(H,12,14);2-4,10H,1H3;2-4,9H,8H2,1H3;2-4H2,1H3. The van der Waals surface area contributed by atoms with E-state index in [4.69, 9.17) is 71.0 Å². The van der Waals surface area contributed by atoms with E-state index in [9.17, 15) is 14.4 Å². The number of nitrogens with zero attached hydrogens (tertiary/aromatic N) is 12. The maximum atomic E-state index is 12.5. The molecular formula is C96H111IN16O13S11. The molecular weight excluding hydrogens is 2060 g/mol. The third-order valence-corrected chi connectivity index (χ3v) is 29.4. The van der Waals surface area contributed by atoms with Gasteiger partial charge in [0.1, 0.15) is 45.3 Å². The molecule has 17 rings (SSSR count). The number of aromatic amines is 3. The molecule has 0 unspecified atom stereocenters. The zero-order chi connectivity index (χ0) is 98.0. The lowest BCUT2D eigenvalue weighted by molar-refractivity contribution is 0.0505. The Bertz CT molecular complexity index is 6690. The van der Waals surface area contributed by atoms with E-state index in [1.807, 2.05) is 154 Å². The second-order valence-corrected chi connectivity index (χ2v) is 42.2. The number of halogens is 1. The number of nitrogens with one attached hydrogen (secondary N) is 3. The van der Waals surface area contributed by atoms with Crippen molar-refractivity contribution in [3.8, 4) is 40.2 Å². The molecule has 29 nitrogen and oxygen atoms in total. The van der Waals surface area contributed by atoms with Crippen molar-refractivity contribution in [2.45, 2.75) is 193 Å². The van der Waals surface area contributed by atoms with E-state index in [1.54, 1.807) is 83.1 Å². The van der Waals surface area contributed by atoms with Crippen LogP contribution < -0.4 is 34.2 Å². The maximum absolute atomic E-state index is 12.5. The fourth-order valence-electron chi connectivity index (χ4n) is 11.7. The van der Waals surface area contributed by atoms with E-state index in [0.29, 0.717) is 45.8 Å². The van der Waals surface area contributed by atoms with Crippen molar-refractivity contribution in [1.29, 1.82) is 0 Å². The van der Waals surface area contributed by atoms with Gasteiger partial charge in [0.25, 0.3) is 0 Å². The molecule has 0 atom stereocenters. The summed E-state index contributed by atoms with van der Waals surface area (Å²) in [7, 11) is 1.63. The van der Waals surface area contributed by atoms with Crippen LogP contribution in [0.15, 0.2) is 185 Å². The number of carboxylic acid groups (broad SMARTS) is 1. The van der Waals surface area contributed by atoms with Gasteiger partial charge < -0.3 is 58.8 Å². The van der Waals surface area contributed by atoms with Gasteiger partial charge in [-0.25, -0.2) is 44.0 Å². The summed E-state index contributed by atoms with van der Waals surface area (Å²) in [5, 5.41) is 50.1. The molecule has 0 saturated carbocycles. The Morgan fingerprint density at radius 1 is 0.467 bits per heavy atom. The molecule has 9 heterocycles. The molecule has 9 aromatic heterocycles. The highest BCUT2D eigenvalue weighted by Gasteiger charge is 2.26. The molecule has 726 valence electrons. The Hall–Kier alpha value is -10.3. The van der Waals surface area contributed by atoms with Crippen molar-refractivity contribution in [3.63, 3.8) is 0 Å². The van der Waals surface area contributed by atoms with E-state index >= 15 is 0 Å². The van der Waals surface area contributed by atoms with Gasteiger partial charge in [0.15, 0.2) is 27.0 Å². The molecule has 0 amide bonds. The fraction of sp³-hybridized carbons (Fsp3) is 0.344. The van der Waals surface area contributed by atoms with Crippen molar-refractivity contribution in [1.82, 2.24) is 75.7 Å². The van der Waals surface area contributed by atoms with Crippen LogP contribution in [0.3, 0.4) is 0 Å². The van der Waals surface area contributed by atoms with E-state index < -0.39 is 17.9 Å². The number of aromatic nitrogens is 15. The number of aryl methyl sites for hydroxylation is 3. The highest BCUT2D eigenvalue weighted by Crippen LogP contribution is 2.41. The third-order valence-electron chi connectivity index (χ3n) is 18.8. The number of hydrogen-bond acceptors (Lipinski definition) is 35. The number of esters is 2. The molecule has 7 N–H and O–H groups in total. The lowest BCUT2D eigenvalue weighted by Crippen LogP contribution is -2.08. The number of benzene rings is 8. The first kappa shape index (κ1) is 109. The number of phenolic OH excluding ortho intramolecular Hbond substituents is 1. The van der Waals surface area contributed by atoms with Crippen LogP contribution in [0.4, 0.5) is 5.69 Å². The Kier molecular flexibility index (Phi) is 45.9. The number of carbonyl (C=O) groups excluding carboxylic acids is 2. The van der Waals surface area contributed by atoms with Gasteiger partial charge in [0.05, 0.1) is 131 Å². The van der Waals surface area contributed by atoms with Crippen LogP contribution in [0, 0.1) is 24.7 Å². The summed E-state index contributed by atoms with van der Waals surface area (Å²) in [5.74, 6) is 3.21. The number of H-pyrrole nitrogens is 3. The highest BCUT2D eigenvalue weighted by atomic mass is 127. The number of aromatic hydroxyl groups is 1. The molecule has 17 aromatic rings. The fourth-order valence-corrected chi connectivity index (χ4v) is 21.4. The summed E-state index contributed by atoms with van der Waals surface area (Å²) in [6, 6.07) is 48.5. The third kappa shape index (κ3) is 34.9. The number of aromatic carboxylic acids is 1. The second kappa shape index (κ2) is 57.9. The maximum Gasteiger partial charge on any atom is 0.361 e. The number of unbranched alkanes of at least 4 members (excludes halogenated alkanes) is 6. The molecule has 41 heteroatoms. The first-order valence-electron chi connectivity index (χ1n) is 44.5. The van der Waals surface area contributed by atoms with Crippen LogP contribution >= 0.6 is 151 Å². The number of carboxylic acids is 1. The lowest BCUT2D eigenvalue weighted by atomic mass is 10.2. The average Bonchev–Trinajstić information content (AvgIpc) is 1.65. The molecule has 0 radical (unpaired) electrons. The summed E-state index contributed by atoms with van der Waals surface area (Å²) in [5.41, 5.74) is 14.3. The number of thiazole rings is 6. The first-order chi connectivity index (χ1) is 66.4. The molecule has 0 spiro atoms. The van der Waals surface area contributed by atoms with Gasteiger partial charge in [-0.2, -0.15) is 10.4 Å². The number of thiol groups is 1. The van der Waals surface area contributed by atoms with Gasteiger partial charge in [-0.3, -0.25) is 0 Å². The van der Waals surface area contributed by atoms with Crippen molar-refractivity contribution in [3.05, 3.63) is 194 Å². The van der Waals surface area contributed by atoms with Crippen LogP contribution in [-0.4, -0.2) is 162 Å². The Labute approximate surface area is 856 Å².